The first-order chi connectivity index (χ1) is 12.5. The summed E-state index contributed by atoms with van der Waals surface area (Å²) in [5, 5.41) is 11.1. The zero-order valence-electron chi connectivity index (χ0n) is 15.5. The molecule has 140 valence electrons. The number of Topliss-reactive ketones (excluding diaryl/α,β-unsaturated/α-hetero) is 1. The van der Waals surface area contributed by atoms with Gasteiger partial charge in [0.05, 0.1) is 0 Å². The summed E-state index contributed by atoms with van der Waals surface area (Å²) in [5.41, 5.74) is 0.856. The lowest BCUT2D eigenvalue weighted by molar-refractivity contribution is -0.489. The second-order valence-electron chi connectivity index (χ2n) is 6.73. The van der Waals surface area contributed by atoms with Crippen LogP contribution < -0.4 is 0 Å². The van der Waals surface area contributed by atoms with E-state index in [4.69, 9.17) is 0 Å². The van der Waals surface area contributed by atoms with Crippen LogP contribution in [0.4, 0.5) is 0 Å². The monoisotopic (exact) mass is 357 g/mol. The third-order valence-corrected chi connectivity index (χ3v) is 4.83. The first kappa shape index (κ1) is 19.8. The number of carbonyl (C=O) groups is 1. The minimum Gasteiger partial charge on any atom is -0.297 e. The lowest BCUT2D eigenvalue weighted by atomic mass is 9.85. The van der Waals surface area contributed by atoms with Crippen molar-refractivity contribution in [3.63, 3.8) is 0 Å². The van der Waals surface area contributed by atoms with E-state index < -0.39 is 5.92 Å². The minimum absolute atomic E-state index is 0.138. The van der Waals surface area contributed by atoms with Gasteiger partial charge in [-0.25, -0.2) is 4.98 Å². The molecule has 0 bridgehead atoms. The molecular formula is C20H27N3O3. The van der Waals surface area contributed by atoms with Gasteiger partial charge in [0.2, 0.25) is 12.3 Å². The Labute approximate surface area is 154 Å². The molecule has 0 aliphatic carbocycles. The molecule has 1 aromatic carbocycles. The molecule has 0 saturated heterocycles. The van der Waals surface area contributed by atoms with Crippen molar-refractivity contribution < 1.29 is 9.72 Å². The summed E-state index contributed by atoms with van der Waals surface area (Å²) in [6.45, 7) is 3.75. The summed E-state index contributed by atoms with van der Waals surface area (Å²) in [5.74, 6) is -0.506. The molecule has 0 amide bonds. The van der Waals surface area contributed by atoms with Gasteiger partial charge in [-0.15, -0.1) is 0 Å². The number of para-hydroxylation sites is 1. The van der Waals surface area contributed by atoms with Crippen LogP contribution in [0.5, 0.6) is 0 Å². The Hall–Kier alpha value is -2.50. The maximum atomic E-state index is 13.0. The van der Waals surface area contributed by atoms with E-state index in [1.54, 1.807) is 23.9 Å². The van der Waals surface area contributed by atoms with E-state index in [1.807, 2.05) is 30.3 Å². The van der Waals surface area contributed by atoms with Crippen molar-refractivity contribution in [3.05, 3.63) is 58.7 Å². The number of rotatable bonds is 11. The molecule has 0 unspecified atom stereocenters. The number of carbonyl (C=O) groups excluding carboxylic acids is 1. The maximum absolute atomic E-state index is 13.0. The second kappa shape index (κ2) is 9.85. The van der Waals surface area contributed by atoms with E-state index in [2.05, 4.69) is 11.9 Å². The van der Waals surface area contributed by atoms with Gasteiger partial charge in [-0.2, -0.15) is 0 Å². The molecule has 0 aliphatic heterocycles. The fourth-order valence-electron chi connectivity index (χ4n) is 3.22. The van der Waals surface area contributed by atoms with E-state index in [1.165, 1.54) is 0 Å². The predicted octanol–water partition coefficient (Wildman–Crippen LogP) is 4.55. The molecule has 0 radical (unpaired) electrons. The van der Waals surface area contributed by atoms with Crippen molar-refractivity contribution in [1.29, 1.82) is 0 Å². The third kappa shape index (κ3) is 5.25. The Balaban J connectivity index is 2.15. The van der Waals surface area contributed by atoms with Gasteiger partial charge in [-0.1, -0.05) is 57.7 Å². The molecule has 1 heterocycles. The molecule has 2 aromatic rings. The summed E-state index contributed by atoms with van der Waals surface area (Å²) in [7, 11) is 0. The smallest absolute Gasteiger partial charge is 0.207 e. The lowest BCUT2D eigenvalue weighted by Crippen LogP contribution is -2.29. The van der Waals surface area contributed by atoms with Crippen LogP contribution in [0.1, 0.15) is 56.6 Å². The summed E-state index contributed by atoms with van der Waals surface area (Å²) in [6.07, 6.45) is 8.23. The van der Waals surface area contributed by atoms with Gasteiger partial charge in [-0.05, 0) is 18.6 Å². The van der Waals surface area contributed by atoms with Crippen molar-refractivity contribution in [2.45, 2.75) is 46.0 Å². The van der Waals surface area contributed by atoms with Crippen LogP contribution in [0.25, 0.3) is 5.69 Å². The summed E-state index contributed by atoms with van der Waals surface area (Å²) >= 11 is 0. The zero-order chi connectivity index (χ0) is 18.9. The first-order valence-electron chi connectivity index (χ1n) is 9.29. The van der Waals surface area contributed by atoms with E-state index >= 15 is 0 Å². The van der Waals surface area contributed by atoms with Crippen LogP contribution >= 0.6 is 0 Å². The lowest BCUT2D eigenvalue weighted by Gasteiger charge is -2.20. The molecule has 1 aromatic heterocycles. The Morgan fingerprint density at radius 1 is 1.23 bits per heavy atom. The molecule has 0 N–H and O–H groups in total. The first-order valence-corrected chi connectivity index (χ1v) is 9.29. The van der Waals surface area contributed by atoms with Crippen LogP contribution in [-0.2, 0) is 0 Å². The number of hydrogen-bond donors (Lipinski definition) is 0. The highest BCUT2D eigenvalue weighted by atomic mass is 16.6. The SMILES string of the molecule is CCCCCC[C@H](C[N+](=O)[O-])[C@H](C)C(=O)c1nccn1-c1ccccc1. The fourth-order valence-corrected chi connectivity index (χ4v) is 3.22. The average Bonchev–Trinajstić information content (AvgIpc) is 3.13. The number of imidazole rings is 1. The van der Waals surface area contributed by atoms with E-state index in [0.29, 0.717) is 12.2 Å². The standard InChI is InChI=1S/C20H27N3O3/c1-3-4-5-7-10-17(15-23(25)26)16(2)19(24)20-21-13-14-22(20)18-11-8-6-9-12-18/h6,8-9,11-14,16-17H,3-5,7,10,15H2,1-2H3/t16-,17+/m0/s1. The van der Waals surface area contributed by atoms with E-state index in [9.17, 15) is 14.9 Å². The normalized spacial score (nSPS) is 13.3. The number of aromatic nitrogens is 2. The van der Waals surface area contributed by atoms with Crippen LogP contribution in [0.3, 0.4) is 0 Å². The summed E-state index contributed by atoms with van der Waals surface area (Å²) in [4.78, 5) is 28.0. The Morgan fingerprint density at radius 3 is 2.62 bits per heavy atom. The Kier molecular flexibility index (Phi) is 7.51. The van der Waals surface area contributed by atoms with Crippen molar-refractivity contribution >= 4 is 5.78 Å². The van der Waals surface area contributed by atoms with Crippen LogP contribution in [0.15, 0.2) is 42.7 Å². The van der Waals surface area contributed by atoms with Crippen LogP contribution in [-0.4, -0.2) is 26.8 Å². The fraction of sp³-hybridized carbons (Fsp3) is 0.500. The van der Waals surface area contributed by atoms with Gasteiger partial charge >= 0.3 is 0 Å². The van der Waals surface area contributed by atoms with E-state index in [0.717, 1.165) is 31.4 Å². The molecule has 6 nitrogen and oxygen atoms in total. The highest BCUT2D eigenvalue weighted by molar-refractivity contribution is 5.95. The van der Waals surface area contributed by atoms with Crippen molar-refractivity contribution in [2.24, 2.45) is 11.8 Å². The molecule has 0 fully saturated rings. The number of benzene rings is 1. The zero-order valence-corrected chi connectivity index (χ0v) is 15.5. The number of ketones is 1. The van der Waals surface area contributed by atoms with Crippen LogP contribution in [0.2, 0.25) is 0 Å². The molecule has 0 saturated carbocycles. The number of unbranched alkanes of at least 4 members (excludes halogenated alkanes) is 3. The number of hydrogen-bond acceptors (Lipinski definition) is 4. The number of nitrogens with zero attached hydrogens (tertiary/aromatic N) is 3. The molecule has 26 heavy (non-hydrogen) atoms. The molecule has 6 heteroatoms. The van der Waals surface area contributed by atoms with Gasteiger partial charge < -0.3 is 0 Å². The van der Waals surface area contributed by atoms with E-state index in [-0.39, 0.29) is 23.2 Å². The summed E-state index contributed by atoms with van der Waals surface area (Å²) in [6, 6.07) is 9.52. The van der Waals surface area contributed by atoms with Crippen LogP contribution in [0, 0.1) is 22.0 Å². The third-order valence-electron chi connectivity index (χ3n) is 4.83. The highest BCUT2D eigenvalue weighted by Crippen LogP contribution is 2.24. The number of nitro groups is 1. The molecule has 0 aliphatic rings. The molecule has 0 spiro atoms. The quantitative estimate of drug-likeness (QED) is 0.256. The van der Waals surface area contributed by atoms with Gasteiger partial charge in [0, 0.05) is 34.8 Å². The van der Waals surface area contributed by atoms with Crippen molar-refractivity contribution in [2.75, 3.05) is 6.54 Å². The largest absolute Gasteiger partial charge is 0.297 e. The maximum Gasteiger partial charge on any atom is 0.207 e. The topological polar surface area (TPSA) is 78.0 Å². The predicted molar refractivity (Wildman–Crippen MR) is 101 cm³/mol. The molecule has 2 atom stereocenters. The molecular weight excluding hydrogens is 330 g/mol. The summed E-state index contributed by atoms with van der Waals surface area (Å²) < 4.78 is 1.75. The van der Waals surface area contributed by atoms with Gasteiger partial charge in [0.15, 0.2) is 5.82 Å². The van der Waals surface area contributed by atoms with Gasteiger partial charge in [-0.3, -0.25) is 19.5 Å². The van der Waals surface area contributed by atoms with Gasteiger partial charge in [0.25, 0.3) is 0 Å². The Bertz CT molecular complexity index is 712. The van der Waals surface area contributed by atoms with Crippen molar-refractivity contribution in [3.8, 4) is 5.69 Å². The minimum atomic E-state index is -0.438. The van der Waals surface area contributed by atoms with Gasteiger partial charge in [0.1, 0.15) is 0 Å². The molecule has 2 rings (SSSR count). The van der Waals surface area contributed by atoms with Crippen molar-refractivity contribution in [1.82, 2.24) is 9.55 Å². The average molecular weight is 357 g/mol. The second-order valence-corrected chi connectivity index (χ2v) is 6.73. The highest BCUT2D eigenvalue weighted by Gasteiger charge is 2.30. The Morgan fingerprint density at radius 2 is 1.96 bits per heavy atom.